The van der Waals surface area contributed by atoms with Crippen LogP contribution in [0.5, 0.6) is 0 Å². The van der Waals surface area contributed by atoms with Gasteiger partial charge in [0.15, 0.2) is 6.10 Å². The van der Waals surface area contributed by atoms with Gasteiger partial charge in [-0.15, -0.1) is 0 Å². The number of ether oxygens (including phenoxy) is 1. The molecule has 0 bridgehead atoms. The number of nitrogens with zero attached hydrogens (tertiary/aromatic N) is 1. The summed E-state index contributed by atoms with van der Waals surface area (Å²) in [5, 5.41) is 14.3. The molecular weight excluding hydrogens is 382 g/mol. The van der Waals surface area contributed by atoms with Gasteiger partial charge in [-0.3, -0.25) is 9.59 Å². The molecule has 2 aromatic carbocycles. The number of amides is 2. The average Bonchev–Trinajstić information content (AvgIpc) is 2.66. The molecule has 7 nitrogen and oxygen atoms in total. The van der Waals surface area contributed by atoms with E-state index in [-0.39, 0.29) is 16.5 Å². The standard InChI is InChI=1S/C20H18ClN3O4/c1-12(19(26)24-17-8-7-16(10-22)18(21)9-17)28-20(27)15-5-3-14(4-6-15)11-23-13(2)25/h3-9,12H,11H2,1-2H3,(H,23,25)(H,24,26). The second-order valence-corrected chi connectivity index (χ2v) is 6.36. The first-order valence-corrected chi connectivity index (χ1v) is 8.73. The molecule has 0 aliphatic carbocycles. The summed E-state index contributed by atoms with van der Waals surface area (Å²) in [4.78, 5) is 35.3. The Hall–Kier alpha value is -3.37. The van der Waals surface area contributed by atoms with Crippen LogP contribution in [0.2, 0.25) is 5.02 Å². The topological polar surface area (TPSA) is 108 Å². The number of carbonyl (C=O) groups excluding carboxylic acids is 3. The number of rotatable bonds is 6. The molecule has 8 heteroatoms. The van der Waals surface area contributed by atoms with Crippen LogP contribution in [0.1, 0.15) is 35.3 Å². The van der Waals surface area contributed by atoms with Crippen molar-refractivity contribution in [1.29, 1.82) is 5.26 Å². The summed E-state index contributed by atoms with van der Waals surface area (Å²) in [5.41, 5.74) is 1.79. The third-order valence-electron chi connectivity index (χ3n) is 3.74. The number of halogens is 1. The molecule has 2 N–H and O–H groups in total. The summed E-state index contributed by atoms with van der Waals surface area (Å²) < 4.78 is 5.18. The Bertz CT molecular complexity index is 935. The predicted molar refractivity (Wildman–Crippen MR) is 104 cm³/mol. The maximum atomic E-state index is 12.2. The molecule has 0 saturated carbocycles. The van der Waals surface area contributed by atoms with Crippen LogP contribution in [-0.4, -0.2) is 23.9 Å². The van der Waals surface area contributed by atoms with Crippen molar-refractivity contribution in [3.05, 3.63) is 64.2 Å². The summed E-state index contributed by atoms with van der Waals surface area (Å²) in [7, 11) is 0. The summed E-state index contributed by atoms with van der Waals surface area (Å²) >= 11 is 5.93. The third kappa shape index (κ3) is 5.83. The van der Waals surface area contributed by atoms with E-state index >= 15 is 0 Å². The summed E-state index contributed by atoms with van der Waals surface area (Å²) in [6.45, 7) is 3.23. The SMILES string of the molecule is CC(=O)NCc1ccc(C(=O)OC(C)C(=O)Nc2ccc(C#N)c(Cl)c2)cc1. The van der Waals surface area contributed by atoms with E-state index in [1.807, 2.05) is 6.07 Å². The van der Waals surface area contributed by atoms with E-state index in [1.54, 1.807) is 24.3 Å². The van der Waals surface area contributed by atoms with Gasteiger partial charge >= 0.3 is 5.97 Å². The molecule has 0 aliphatic heterocycles. The number of benzene rings is 2. The second-order valence-electron chi connectivity index (χ2n) is 5.95. The number of hydrogen-bond acceptors (Lipinski definition) is 5. The predicted octanol–water partition coefficient (Wildman–Crippen LogP) is 3.03. The van der Waals surface area contributed by atoms with Crippen molar-refractivity contribution < 1.29 is 19.1 Å². The van der Waals surface area contributed by atoms with Crippen molar-refractivity contribution in [2.45, 2.75) is 26.5 Å². The van der Waals surface area contributed by atoms with E-state index in [4.69, 9.17) is 21.6 Å². The smallest absolute Gasteiger partial charge is 0.338 e. The van der Waals surface area contributed by atoms with Crippen molar-refractivity contribution in [3.8, 4) is 6.07 Å². The zero-order valence-electron chi connectivity index (χ0n) is 15.3. The van der Waals surface area contributed by atoms with Crippen molar-refractivity contribution in [3.63, 3.8) is 0 Å². The molecule has 0 spiro atoms. The Morgan fingerprint density at radius 3 is 2.43 bits per heavy atom. The van der Waals surface area contributed by atoms with E-state index in [1.165, 1.54) is 32.0 Å². The van der Waals surface area contributed by atoms with Crippen molar-refractivity contribution in [2.75, 3.05) is 5.32 Å². The van der Waals surface area contributed by atoms with Crippen LogP contribution >= 0.6 is 11.6 Å². The van der Waals surface area contributed by atoms with E-state index in [9.17, 15) is 14.4 Å². The third-order valence-corrected chi connectivity index (χ3v) is 4.05. The molecule has 2 amide bonds. The normalized spacial score (nSPS) is 11.1. The molecule has 0 fully saturated rings. The van der Waals surface area contributed by atoms with Crippen LogP contribution in [0.4, 0.5) is 5.69 Å². The Morgan fingerprint density at radius 2 is 1.86 bits per heavy atom. The lowest BCUT2D eigenvalue weighted by Gasteiger charge is -2.14. The second kappa shape index (κ2) is 9.53. The molecular formula is C20H18ClN3O4. The zero-order chi connectivity index (χ0) is 20.7. The Labute approximate surface area is 167 Å². The monoisotopic (exact) mass is 399 g/mol. The highest BCUT2D eigenvalue weighted by atomic mass is 35.5. The fourth-order valence-electron chi connectivity index (χ4n) is 2.19. The van der Waals surface area contributed by atoms with Crippen LogP contribution in [0.25, 0.3) is 0 Å². The van der Waals surface area contributed by atoms with Gasteiger partial charge in [-0.25, -0.2) is 4.79 Å². The molecule has 0 aliphatic rings. The summed E-state index contributed by atoms with van der Waals surface area (Å²) in [6.07, 6.45) is -1.04. The Kier molecular flexibility index (Phi) is 7.13. The molecule has 1 unspecified atom stereocenters. The van der Waals surface area contributed by atoms with E-state index < -0.39 is 18.0 Å². The van der Waals surface area contributed by atoms with Crippen LogP contribution < -0.4 is 10.6 Å². The molecule has 28 heavy (non-hydrogen) atoms. The number of nitrogens with one attached hydrogen (secondary N) is 2. The maximum Gasteiger partial charge on any atom is 0.338 e. The van der Waals surface area contributed by atoms with Crippen LogP contribution in [-0.2, 0) is 20.9 Å². The lowest BCUT2D eigenvalue weighted by Crippen LogP contribution is -2.30. The highest BCUT2D eigenvalue weighted by Gasteiger charge is 2.19. The summed E-state index contributed by atoms with van der Waals surface area (Å²) in [5.74, 6) is -1.32. The number of nitriles is 1. The molecule has 0 heterocycles. The fourth-order valence-corrected chi connectivity index (χ4v) is 2.42. The fraction of sp³-hybridized carbons (Fsp3) is 0.200. The highest BCUT2D eigenvalue weighted by molar-refractivity contribution is 6.32. The zero-order valence-corrected chi connectivity index (χ0v) is 16.0. The largest absolute Gasteiger partial charge is 0.449 e. The van der Waals surface area contributed by atoms with Crippen LogP contribution in [0.15, 0.2) is 42.5 Å². The van der Waals surface area contributed by atoms with Gasteiger partial charge in [-0.05, 0) is 42.8 Å². The van der Waals surface area contributed by atoms with Gasteiger partial charge in [0.1, 0.15) is 6.07 Å². The lowest BCUT2D eigenvalue weighted by atomic mass is 10.1. The molecule has 144 valence electrons. The summed E-state index contributed by atoms with van der Waals surface area (Å²) in [6, 6.07) is 12.9. The first-order valence-electron chi connectivity index (χ1n) is 8.35. The molecule has 1 atom stereocenters. The molecule has 0 aromatic heterocycles. The van der Waals surface area contributed by atoms with Crippen molar-refractivity contribution in [1.82, 2.24) is 5.32 Å². The van der Waals surface area contributed by atoms with Crippen molar-refractivity contribution in [2.24, 2.45) is 0 Å². The van der Waals surface area contributed by atoms with Crippen LogP contribution in [0, 0.1) is 11.3 Å². The van der Waals surface area contributed by atoms with Gasteiger partial charge in [0.05, 0.1) is 16.1 Å². The molecule has 0 saturated heterocycles. The molecule has 2 rings (SSSR count). The molecule has 2 aromatic rings. The Balaban J connectivity index is 1.94. The van der Waals surface area contributed by atoms with Gasteiger partial charge in [0.2, 0.25) is 5.91 Å². The van der Waals surface area contributed by atoms with E-state index in [0.29, 0.717) is 17.8 Å². The van der Waals surface area contributed by atoms with E-state index in [0.717, 1.165) is 5.56 Å². The van der Waals surface area contributed by atoms with Gasteiger partial charge in [-0.1, -0.05) is 23.7 Å². The maximum absolute atomic E-state index is 12.2. The lowest BCUT2D eigenvalue weighted by molar-refractivity contribution is -0.123. The number of esters is 1. The minimum absolute atomic E-state index is 0.146. The van der Waals surface area contributed by atoms with Gasteiger partial charge in [-0.2, -0.15) is 5.26 Å². The first-order chi connectivity index (χ1) is 13.3. The van der Waals surface area contributed by atoms with Crippen molar-refractivity contribution >= 4 is 35.1 Å². The first kappa shape index (κ1) is 20.9. The number of anilines is 1. The van der Waals surface area contributed by atoms with Gasteiger partial charge in [0.25, 0.3) is 5.91 Å². The minimum atomic E-state index is -1.04. The van der Waals surface area contributed by atoms with Crippen LogP contribution in [0.3, 0.4) is 0 Å². The Morgan fingerprint density at radius 1 is 1.18 bits per heavy atom. The quantitative estimate of drug-likeness (QED) is 0.726. The minimum Gasteiger partial charge on any atom is -0.449 e. The average molecular weight is 400 g/mol. The molecule has 0 radical (unpaired) electrons. The number of hydrogen-bond donors (Lipinski definition) is 2. The highest BCUT2D eigenvalue weighted by Crippen LogP contribution is 2.20. The van der Waals surface area contributed by atoms with Gasteiger partial charge < -0.3 is 15.4 Å². The van der Waals surface area contributed by atoms with Gasteiger partial charge in [0, 0.05) is 19.2 Å². The number of carbonyl (C=O) groups is 3. The van der Waals surface area contributed by atoms with E-state index in [2.05, 4.69) is 10.6 Å².